The molecular formula is C17H26FN3O2. The molecule has 0 fully saturated rings. The zero-order valence-corrected chi connectivity index (χ0v) is 13.9. The molecule has 0 aliphatic heterocycles. The second-order valence-electron chi connectivity index (χ2n) is 5.43. The lowest BCUT2D eigenvalue weighted by Crippen LogP contribution is -2.39. The Morgan fingerprint density at radius 3 is 2.57 bits per heavy atom. The van der Waals surface area contributed by atoms with Crippen LogP contribution in [-0.4, -0.2) is 42.9 Å². The molecule has 0 heterocycles. The molecule has 5 nitrogen and oxygen atoms in total. The van der Waals surface area contributed by atoms with E-state index in [0.717, 1.165) is 19.4 Å². The monoisotopic (exact) mass is 323 g/mol. The zero-order valence-electron chi connectivity index (χ0n) is 13.9. The Morgan fingerprint density at radius 2 is 1.91 bits per heavy atom. The number of anilines is 1. The highest BCUT2D eigenvalue weighted by molar-refractivity contribution is 5.90. The van der Waals surface area contributed by atoms with Crippen LogP contribution in [0.5, 0.6) is 0 Å². The fourth-order valence-electron chi connectivity index (χ4n) is 2.16. The Balaban J connectivity index is 2.41. The van der Waals surface area contributed by atoms with Crippen LogP contribution in [0.4, 0.5) is 10.1 Å². The van der Waals surface area contributed by atoms with E-state index in [1.54, 1.807) is 12.1 Å². The molecule has 0 bridgehead atoms. The van der Waals surface area contributed by atoms with Gasteiger partial charge < -0.3 is 10.6 Å². The smallest absolute Gasteiger partial charge is 0.234 e. The summed E-state index contributed by atoms with van der Waals surface area (Å²) in [5.41, 5.74) is 0.442. The maximum Gasteiger partial charge on any atom is 0.234 e. The summed E-state index contributed by atoms with van der Waals surface area (Å²) in [6.45, 7) is 6.24. The standard InChI is InChI=1S/C17H26FN3O2/c1-3-9-19-17(23)13-21(10-4-2)11-8-16(22)20-15-7-5-6-14(18)12-15/h5-7,12H,3-4,8-11,13H2,1-2H3,(H,19,23)(H,20,22). The number of hydrogen-bond donors (Lipinski definition) is 2. The second-order valence-corrected chi connectivity index (χ2v) is 5.43. The molecule has 0 aliphatic rings. The van der Waals surface area contributed by atoms with Crippen molar-refractivity contribution in [1.29, 1.82) is 0 Å². The third-order valence-electron chi connectivity index (χ3n) is 3.24. The minimum Gasteiger partial charge on any atom is -0.355 e. The van der Waals surface area contributed by atoms with Gasteiger partial charge in [-0.25, -0.2) is 4.39 Å². The van der Waals surface area contributed by atoms with Crippen LogP contribution < -0.4 is 10.6 Å². The topological polar surface area (TPSA) is 61.4 Å². The van der Waals surface area contributed by atoms with Gasteiger partial charge >= 0.3 is 0 Å². The van der Waals surface area contributed by atoms with Gasteiger partial charge in [0, 0.05) is 25.2 Å². The molecule has 0 aliphatic carbocycles. The summed E-state index contributed by atoms with van der Waals surface area (Å²) in [7, 11) is 0. The predicted molar refractivity (Wildman–Crippen MR) is 89.7 cm³/mol. The lowest BCUT2D eigenvalue weighted by molar-refractivity contribution is -0.123. The molecule has 0 unspecified atom stereocenters. The van der Waals surface area contributed by atoms with Crippen molar-refractivity contribution in [1.82, 2.24) is 10.2 Å². The van der Waals surface area contributed by atoms with E-state index in [4.69, 9.17) is 0 Å². The molecule has 0 radical (unpaired) electrons. The first-order valence-corrected chi connectivity index (χ1v) is 8.09. The Bertz CT molecular complexity index is 508. The lowest BCUT2D eigenvalue weighted by atomic mass is 10.2. The number of nitrogens with zero attached hydrogens (tertiary/aromatic N) is 1. The molecule has 0 saturated heterocycles. The summed E-state index contributed by atoms with van der Waals surface area (Å²) in [6.07, 6.45) is 2.07. The van der Waals surface area contributed by atoms with E-state index < -0.39 is 0 Å². The molecule has 0 saturated carbocycles. The second kappa shape index (κ2) is 10.7. The summed E-state index contributed by atoms with van der Waals surface area (Å²) >= 11 is 0. The third-order valence-corrected chi connectivity index (χ3v) is 3.24. The molecule has 23 heavy (non-hydrogen) atoms. The van der Waals surface area contributed by atoms with Crippen LogP contribution in [0.25, 0.3) is 0 Å². The first-order valence-electron chi connectivity index (χ1n) is 8.09. The summed E-state index contributed by atoms with van der Waals surface area (Å²) in [4.78, 5) is 25.6. The van der Waals surface area contributed by atoms with Gasteiger partial charge in [0.1, 0.15) is 5.82 Å². The van der Waals surface area contributed by atoms with Crippen molar-refractivity contribution in [3.8, 4) is 0 Å². The molecule has 0 spiro atoms. The van der Waals surface area contributed by atoms with Gasteiger partial charge in [-0.1, -0.05) is 19.9 Å². The van der Waals surface area contributed by atoms with Gasteiger partial charge in [0.2, 0.25) is 11.8 Å². The summed E-state index contributed by atoms with van der Waals surface area (Å²) in [6, 6.07) is 5.79. The lowest BCUT2D eigenvalue weighted by Gasteiger charge is -2.20. The van der Waals surface area contributed by atoms with Crippen LogP contribution in [0, 0.1) is 5.82 Å². The van der Waals surface area contributed by atoms with E-state index in [2.05, 4.69) is 10.6 Å². The van der Waals surface area contributed by atoms with Gasteiger partial charge in [0.05, 0.1) is 6.54 Å². The number of halogens is 1. The summed E-state index contributed by atoms with van der Waals surface area (Å²) < 4.78 is 13.1. The van der Waals surface area contributed by atoms with Crippen molar-refractivity contribution in [2.45, 2.75) is 33.1 Å². The summed E-state index contributed by atoms with van der Waals surface area (Å²) in [5.74, 6) is -0.598. The van der Waals surface area contributed by atoms with Gasteiger partial charge in [-0.3, -0.25) is 14.5 Å². The Kier molecular flexibility index (Phi) is 8.90. The molecular weight excluding hydrogens is 297 g/mol. The van der Waals surface area contributed by atoms with Gasteiger partial charge in [-0.2, -0.15) is 0 Å². The van der Waals surface area contributed by atoms with Crippen LogP contribution in [0.15, 0.2) is 24.3 Å². The highest BCUT2D eigenvalue weighted by Gasteiger charge is 2.12. The van der Waals surface area contributed by atoms with Crippen molar-refractivity contribution in [3.05, 3.63) is 30.1 Å². The minimum absolute atomic E-state index is 0.0224. The van der Waals surface area contributed by atoms with Gasteiger partial charge in [0.25, 0.3) is 0 Å². The molecule has 1 aromatic rings. The first-order chi connectivity index (χ1) is 11.0. The summed E-state index contributed by atoms with van der Waals surface area (Å²) in [5, 5.41) is 5.49. The van der Waals surface area contributed by atoms with Crippen molar-refractivity contribution < 1.29 is 14.0 Å². The zero-order chi connectivity index (χ0) is 17.1. The predicted octanol–water partition coefficient (Wildman–Crippen LogP) is 2.39. The van der Waals surface area contributed by atoms with Gasteiger partial charge in [-0.15, -0.1) is 0 Å². The van der Waals surface area contributed by atoms with Crippen LogP contribution >= 0.6 is 0 Å². The number of nitrogens with one attached hydrogen (secondary N) is 2. The van der Waals surface area contributed by atoms with E-state index >= 15 is 0 Å². The van der Waals surface area contributed by atoms with Crippen molar-refractivity contribution in [2.75, 3.05) is 31.5 Å². The quantitative estimate of drug-likeness (QED) is 0.695. The maximum absolute atomic E-state index is 13.1. The van der Waals surface area contributed by atoms with E-state index in [9.17, 15) is 14.0 Å². The molecule has 6 heteroatoms. The number of carbonyl (C=O) groups is 2. The van der Waals surface area contributed by atoms with Crippen LogP contribution in [-0.2, 0) is 9.59 Å². The number of benzene rings is 1. The fraction of sp³-hybridized carbons (Fsp3) is 0.529. The van der Waals surface area contributed by atoms with Crippen molar-refractivity contribution in [3.63, 3.8) is 0 Å². The highest BCUT2D eigenvalue weighted by atomic mass is 19.1. The first kappa shape index (κ1) is 19.1. The number of amides is 2. The molecule has 0 atom stereocenters. The van der Waals surface area contributed by atoms with E-state index in [1.165, 1.54) is 12.1 Å². The highest BCUT2D eigenvalue weighted by Crippen LogP contribution is 2.09. The number of carbonyl (C=O) groups excluding carboxylic acids is 2. The Hall–Kier alpha value is -1.95. The van der Waals surface area contributed by atoms with Crippen LogP contribution in [0.2, 0.25) is 0 Å². The van der Waals surface area contributed by atoms with Crippen LogP contribution in [0.1, 0.15) is 33.1 Å². The number of rotatable bonds is 10. The third kappa shape index (κ3) is 8.30. The van der Waals surface area contributed by atoms with E-state index in [1.807, 2.05) is 18.7 Å². The fourth-order valence-corrected chi connectivity index (χ4v) is 2.16. The average Bonchev–Trinajstić information content (AvgIpc) is 2.51. The molecule has 1 aromatic carbocycles. The van der Waals surface area contributed by atoms with Crippen molar-refractivity contribution in [2.24, 2.45) is 0 Å². The largest absolute Gasteiger partial charge is 0.355 e. The molecule has 0 aromatic heterocycles. The van der Waals surface area contributed by atoms with Gasteiger partial charge in [-0.05, 0) is 37.6 Å². The van der Waals surface area contributed by atoms with Gasteiger partial charge in [0.15, 0.2) is 0 Å². The van der Waals surface area contributed by atoms with E-state index in [0.29, 0.717) is 25.3 Å². The number of hydrogen-bond acceptors (Lipinski definition) is 3. The SMILES string of the molecule is CCCNC(=O)CN(CCC)CCC(=O)Nc1cccc(F)c1. The van der Waals surface area contributed by atoms with Crippen molar-refractivity contribution >= 4 is 17.5 Å². The molecule has 1 rings (SSSR count). The Labute approximate surface area is 137 Å². The average molecular weight is 323 g/mol. The molecule has 128 valence electrons. The van der Waals surface area contributed by atoms with Crippen LogP contribution in [0.3, 0.4) is 0 Å². The Morgan fingerprint density at radius 1 is 1.13 bits per heavy atom. The molecule has 2 N–H and O–H groups in total. The normalized spacial score (nSPS) is 10.6. The van der Waals surface area contributed by atoms with E-state index in [-0.39, 0.29) is 24.1 Å². The maximum atomic E-state index is 13.1. The minimum atomic E-state index is -0.386. The molecule has 2 amide bonds.